The zero-order valence-electron chi connectivity index (χ0n) is 10.7. The summed E-state index contributed by atoms with van der Waals surface area (Å²) >= 11 is 0. The van der Waals surface area contributed by atoms with Crippen LogP contribution in [0.15, 0.2) is 42.5 Å². The van der Waals surface area contributed by atoms with Gasteiger partial charge in [0.25, 0.3) is 11.8 Å². The number of rotatable bonds is 3. The molecule has 2 rings (SSSR count). The minimum atomic E-state index is -0.287. The molecule has 98 valence electrons. The van der Waals surface area contributed by atoms with Gasteiger partial charge in [0.2, 0.25) is 0 Å². The summed E-state index contributed by atoms with van der Waals surface area (Å²) in [4.78, 5) is 24.6. The Labute approximate surface area is 112 Å². The molecule has 0 spiro atoms. The molecule has 2 amide bonds. The lowest BCUT2D eigenvalue weighted by atomic mass is 10.2. The van der Waals surface area contributed by atoms with Crippen molar-refractivity contribution in [2.75, 3.05) is 13.7 Å². The Hall–Kier alpha value is -2.36. The van der Waals surface area contributed by atoms with Gasteiger partial charge in [-0.1, -0.05) is 18.2 Å². The smallest absolute Gasteiger partial charge is 0.253 e. The van der Waals surface area contributed by atoms with Crippen LogP contribution in [0.25, 0.3) is 6.08 Å². The fraction of sp³-hybridized carbons (Fsp3) is 0.200. The summed E-state index contributed by atoms with van der Waals surface area (Å²) in [5.41, 5.74) is 0.883. The van der Waals surface area contributed by atoms with Crippen LogP contribution in [0.2, 0.25) is 0 Å². The van der Waals surface area contributed by atoms with Gasteiger partial charge >= 0.3 is 0 Å². The topological polar surface area (TPSA) is 46.6 Å². The summed E-state index contributed by atoms with van der Waals surface area (Å²) < 4.78 is 5.05. The number of carbonyl (C=O) groups excluding carboxylic acids is 2. The van der Waals surface area contributed by atoms with Crippen molar-refractivity contribution in [1.82, 2.24) is 4.90 Å². The van der Waals surface area contributed by atoms with E-state index in [2.05, 4.69) is 0 Å². The van der Waals surface area contributed by atoms with Gasteiger partial charge < -0.3 is 4.74 Å². The molecule has 0 aromatic heterocycles. The quantitative estimate of drug-likeness (QED) is 0.778. The number of carbonyl (C=O) groups is 2. The molecule has 4 nitrogen and oxygen atoms in total. The number of ether oxygens (including phenoxy) is 1. The number of hydrogen-bond acceptors (Lipinski definition) is 3. The third-order valence-electron chi connectivity index (χ3n) is 2.85. The molecule has 1 heterocycles. The van der Waals surface area contributed by atoms with Crippen LogP contribution < -0.4 is 4.74 Å². The van der Waals surface area contributed by atoms with Crippen LogP contribution in [-0.2, 0) is 9.59 Å². The molecule has 0 saturated carbocycles. The molecule has 0 saturated heterocycles. The Bertz CT molecular complexity index is 529. The van der Waals surface area contributed by atoms with Crippen molar-refractivity contribution in [2.45, 2.75) is 6.42 Å². The van der Waals surface area contributed by atoms with Crippen molar-refractivity contribution >= 4 is 17.9 Å². The van der Waals surface area contributed by atoms with Gasteiger partial charge in [-0.25, -0.2) is 0 Å². The summed E-state index contributed by atoms with van der Waals surface area (Å²) in [5, 5.41) is 0. The Kier molecular flexibility index (Phi) is 4.13. The lowest BCUT2D eigenvalue weighted by Crippen LogP contribution is -2.37. The molecule has 1 aromatic carbocycles. The fourth-order valence-corrected chi connectivity index (χ4v) is 1.78. The Morgan fingerprint density at radius 3 is 2.68 bits per heavy atom. The van der Waals surface area contributed by atoms with Crippen molar-refractivity contribution < 1.29 is 14.3 Å². The first-order valence-electron chi connectivity index (χ1n) is 6.05. The van der Waals surface area contributed by atoms with Gasteiger partial charge in [0.05, 0.1) is 7.11 Å². The van der Waals surface area contributed by atoms with E-state index in [4.69, 9.17) is 4.74 Å². The number of hydrogen-bond donors (Lipinski definition) is 0. The lowest BCUT2D eigenvalue weighted by molar-refractivity contribution is -0.139. The van der Waals surface area contributed by atoms with E-state index in [1.165, 1.54) is 17.1 Å². The molecule has 0 fully saturated rings. The van der Waals surface area contributed by atoms with Gasteiger partial charge in [-0.05, 0) is 36.3 Å². The van der Waals surface area contributed by atoms with Crippen LogP contribution in [0.4, 0.5) is 0 Å². The maximum atomic E-state index is 11.9. The van der Waals surface area contributed by atoms with Gasteiger partial charge in [-0.15, -0.1) is 0 Å². The maximum absolute atomic E-state index is 11.9. The Balaban J connectivity index is 2.03. The molecule has 1 aliphatic heterocycles. The number of amides is 2. The van der Waals surface area contributed by atoms with Crippen LogP contribution in [0.5, 0.6) is 5.75 Å². The highest BCUT2D eigenvalue weighted by molar-refractivity contribution is 6.06. The molecule has 1 aromatic rings. The highest BCUT2D eigenvalue weighted by Gasteiger charge is 2.18. The average Bonchev–Trinajstić information content (AvgIpc) is 2.46. The monoisotopic (exact) mass is 257 g/mol. The van der Waals surface area contributed by atoms with Crippen LogP contribution in [-0.4, -0.2) is 30.4 Å². The van der Waals surface area contributed by atoms with E-state index in [0.717, 1.165) is 11.3 Å². The van der Waals surface area contributed by atoms with E-state index in [1.807, 2.05) is 24.3 Å². The van der Waals surface area contributed by atoms with Gasteiger partial charge in [0.15, 0.2) is 0 Å². The zero-order valence-corrected chi connectivity index (χ0v) is 10.7. The first kappa shape index (κ1) is 13.1. The minimum Gasteiger partial charge on any atom is -0.497 e. The second kappa shape index (κ2) is 6.00. The van der Waals surface area contributed by atoms with Crippen LogP contribution in [0, 0.1) is 0 Å². The molecule has 0 aliphatic carbocycles. The SMILES string of the molecule is COc1ccc(C=CC(=O)N2CCC=CC2=O)cc1. The molecule has 1 aliphatic rings. The average molecular weight is 257 g/mol. The van der Waals surface area contributed by atoms with E-state index in [-0.39, 0.29) is 11.8 Å². The predicted molar refractivity (Wildman–Crippen MR) is 72.5 cm³/mol. The number of nitrogens with zero attached hydrogens (tertiary/aromatic N) is 1. The highest BCUT2D eigenvalue weighted by Crippen LogP contribution is 2.12. The van der Waals surface area contributed by atoms with Gasteiger partial charge in [-0.3, -0.25) is 14.5 Å². The Morgan fingerprint density at radius 2 is 2.05 bits per heavy atom. The fourth-order valence-electron chi connectivity index (χ4n) is 1.78. The van der Waals surface area contributed by atoms with E-state index < -0.39 is 0 Å². The second-order valence-electron chi connectivity index (χ2n) is 4.13. The second-order valence-corrected chi connectivity index (χ2v) is 4.13. The van der Waals surface area contributed by atoms with E-state index in [9.17, 15) is 9.59 Å². The van der Waals surface area contributed by atoms with Crippen molar-refractivity contribution in [2.24, 2.45) is 0 Å². The summed E-state index contributed by atoms with van der Waals surface area (Å²) in [7, 11) is 1.60. The largest absolute Gasteiger partial charge is 0.497 e. The third kappa shape index (κ3) is 3.31. The standard InChI is InChI=1S/C15H15NO3/c1-19-13-8-5-12(6-9-13)7-10-15(18)16-11-3-2-4-14(16)17/h2,4-10H,3,11H2,1H3. The molecule has 0 atom stereocenters. The van der Waals surface area contributed by atoms with E-state index in [0.29, 0.717) is 13.0 Å². The van der Waals surface area contributed by atoms with E-state index in [1.54, 1.807) is 19.3 Å². The molecule has 0 bridgehead atoms. The molecular formula is C15H15NO3. The van der Waals surface area contributed by atoms with Gasteiger partial charge in [0, 0.05) is 12.6 Å². The molecular weight excluding hydrogens is 242 g/mol. The first-order valence-corrected chi connectivity index (χ1v) is 6.05. The molecule has 4 heteroatoms. The predicted octanol–water partition coefficient (Wildman–Crippen LogP) is 2.02. The van der Waals surface area contributed by atoms with E-state index >= 15 is 0 Å². The number of methoxy groups -OCH3 is 1. The normalized spacial score (nSPS) is 15.0. The van der Waals surface area contributed by atoms with Crippen molar-refractivity contribution in [3.05, 3.63) is 48.1 Å². The van der Waals surface area contributed by atoms with Gasteiger partial charge in [0.1, 0.15) is 5.75 Å². The number of benzene rings is 1. The summed E-state index contributed by atoms with van der Waals surface area (Å²) in [6, 6.07) is 7.33. The summed E-state index contributed by atoms with van der Waals surface area (Å²) in [5.74, 6) is 0.223. The first-order chi connectivity index (χ1) is 9.20. The Morgan fingerprint density at radius 1 is 1.32 bits per heavy atom. The van der Waals surface area contributed by atoms with Crippen LogP contribution >= 0.6 is 0 Å². The molecule has 0 radical (unpaired) electrons. The lowest BCUT2D eigenvalue weighted by Gasteiger charge is -2.19. The summed E-state index contributed by atoms with van der Waals surface area (Å²) in [6.45, 7) is 0.446. The zero-order chi connectivity index (χ0) is 13.7. The molecule has 0 unspecified atom stereocenters. The molecule has 0 N–H and O–H groups in total. The van der Waals surface area contributed by atoms with Crippen molar-refractivity contribution in [3.8, 4) is 5.75 Å². The van der Waals surface area contributed by atoms with Crippen molar-refractivity contribution in [3.63, 3.8) is 0 Å². The van der Waals surface area contributed by atoms with Gasteiger partial charge in [-0.2, -0.15) is 0 Å². The maximum Gasteiger partial charge on any atom is 0.253 e. The summed E-state index contributed by atoms with van der Waals surface area (Å²) in [6.07, 6.45) is 7.03. The minimum absolute atomic E-state index is 0.254. The van der Waals surface area contributed by atoms with Crippen LogP contribution in [0.3, 0.4) is 0 Å². The van der Waals surface area contributed by atoms with Crippen LogP contribution in [0.1, 0.15) is 12.0 Å². The molecule has 19 heavy (non-hydrogen) atoms. The number of imide groups is 1. The highest BCUT2D eigenvalue weighted by atomic mass is 16.5. The third-order valence-corrected chi connectivity index (χ3v) is 2.85. The van der Waals surface area contributed by atoms with Crippen molar-refractivity contribution in [1.29, 1.82) is 0 Å².